The smallest absolute Gasteiger partial charge is 0.0510 e. The van der Waals surface area contributed by atoms with E-state index in [4.69, 9.17) is 0 Å². The van der Waals surface area contributed by atoms with Gasteiger partial charge in [-0.2, -0.15) is 0 Å². The van der Waals surface area contributed by atoms with Crippen molar-refractivity contribution >= 4 is 15.9 Å². The Labute approximate surface area is 95.8 Å². The van der Waals surface area contributed by atoms with Crippen molar-refractivity contribution in [1.29, 1.82) is 0 Å². The fourth-order valence-electron chi connectivity index (χ4n) is 3.03. The van der Waals surface area contributed by atoms with Gasteiger partial charge in [-0.1, -0.05) is 28.8 Å². The molecule has 82 valence electrons. The lowest BCUT2D eigenvalue weighted by Crippen LogP contribution is -2.39. The van der Waals surface area contributed by atoms with E-state index in [0.717, 1.165) is 17.4 Å². The predicted molar refractivity (Wildman–Crippen MR) is 63.8 cm³/mol. The van der Waals surface area contributed by atoms with Crippen LogP contribution in [0, 0.1) is 0 Å². The topological polar surface area (TPSA) is 6.48 Å². The van der Waals surface area contributed by atoms with Crippen molar-refractivity contribution in [3.05, 3.63) is 0 Å². The molecule has 3 heteroatoms. The fourth-order valence-corrected chi connectivity index (χ4v) is 3.28. The fraction of sp³-hybridized carbons (Fsp3) is 1.00. The van der Waals surface area contributed by atoms with Crippen LogP contribution in [0.1, 0.15) is 32.1 Å². The van der Waals surface area contributed by atoms with Crippen molar-refractivity contribution in [2.24, 2.45) is 0 Å². The highest BCUT2D eigenvalue weighted by Gasteiger charge is 2.38. The third-order valence-corrected chi connectivity index (χ3v) is 4.27. The molecule has 0 bridgehead atoms. The molecule has 14 heavy (non-hydrogen) atoms. The Morgan fingerprint density at radius 2 is 1.93 bits per heavy atom. The van der Waals surface area contributed by atoms with Crippen LogP contribution in [0.25, 0.3) is 0 Å². The Morgan fingerprint density at radius 3 is 2.64 bits per heavy atom. The number of likely N-dealkylation sites (N-methyl/N-ethyl adjacent to an activating group) is 1. The van der Waals surface area contributed by atoms with Gasteiger partial charge in [-0.3, -0.25) is 9.80 Å². The zero-order chi connectivity index (χ0) is 9.97. The molecule has 1 heterocycles. The molecular weight excluding hydrogens is 240 g/mol. The van der Waals surface area contributed by atoms with Crippen LogP contribution in [0.5, 0.6) is 0 Å². The lowest BCUT2D eigenvalue weighted by atomic mass is 9.90. The van der Waals surface area contributed by atoms with E-state index in [1.807, 2.05) is 0 Å². The third kappa shape index (κ3) is 2.15. The standard InChI is InChI=1S/C11H21BrN2/c1-13-9-14(8-4-7-12)11-6-3-2-5-10(11)13/h10-11H,2-9H2,1H3. The monoisotopic (exact) mass is 260 g/mol. The number of halogens is 1. The van der Waals surface area contributed by atoms with Gasteiger partial charge in [-0.05, 0) is 26.3 Å². The Hall–Kier alpha value is 0.400. The van der Waals surface area contributed by atoms with Gasteiger partial charge in [0, 0.05) is 24.0 Å². The van der Waals surface area contributed by atoms with Gasteiger partial charge in [0.15, 0.2) is 0 Å². The first-order chi connectivity index (χ1) is 6.83. The molecule has 0 radical (unpaired) electrons. The van der Waals surface area contributed by atoms with Gasteiger partial charge in [0.1, 0.15) is 0 Å². The molecule has 0 spiro atoms. The minimum Gasteiger partial charge on any atom is -0.289 e. The summed E-state index contributed by atoms with van der Waals surface area (Å²) in [7, 11) is 2.29. The Balaban J connectivity index is 1.92. The summed E-state index contributed by atoms with van der Waals surface area (Å²) in [5, 5.41) is 1.14. The largest absolute Gasteiger partial charge is 0.289 e. The third-order valence-electron chi connectivity index (χ3n) is 3.71. The Morgan fingerprint density at radius 1 is 1.21 bits per heavy atom. The molecule has 0 N–H and O–H groups in total. The number of alkyl halides is 1. The van der Waals surface area contributed by atoms with E-state index in [2.05, 4.69) is 32.8 Å². The first-order valence-corrected chi connectivity index (χ1v) is 6.95. The first-order valence-electron chi connectivity index (χ1n) is 5.83. The van der Waals surface area contributed by atoms with Crippen molar-refractivity contribution in [3.8, 4) is 0 Å². The highest BCUT2D eigenvalue weighted by atomic mass is 79.9. The molecular formula is C11H21BrN2. The molecule has 2 nitrogen and oxygen atoms in total. The van der Waals surface area contributed by atoms with E-state index in [1.54, 1.807) is 0 Å². The van der Waals surface area contributed by atoms with Gasteiger partial charge >= 0.3 is 0 Å². The van der Waals surface area contributed by atoms with Crippen LogP contribution in [0.3, 0.4) is 0 Å². The van der Waals surface area contributed by atoms with Crippen LogP contribution in [-0.2, 0) is 0 Å². The lowest BCUT2D eigenvalue weighted by molar-refractivity contribution is 0.208. The average Bonchev–Trinajstić information content (AvgIpc) is 2.54. The molecule has 2 fully saturated rings. The molecule has 0 aromatic heterocycles. The molecule has 1 aliphatic heterocycles. The van der Waals surface area contributed by atoms with E-state index in [9.17, 15) is 0 Å². The van der Waals surface area contributed by atoms with Crippen LogP contribution >= 0.6 is 15.9 Å². The maximum Gasteiger partial charge on any atom is 0.0510 e. The van der Waals surface area contributed by atoms with E-state index >= 15 is 0 Å². The van der Waals surface area contributed by atoms with Crippen LogP contribution in [0.4, 0.5) is 0 Å². The van der Waals surface area contributed by atoms with Crippen molar-refractivity contribution < 1.29 is 0 Å². The van der Waals surface area contributed by atoms with Gasteiger partial charge in [-0.25, -0.2) is 0 Å². The summed E-state index contributed by atoms with van der Waals surface area (Å²) in [5.74, 6) is 0. The van der Waals surface area contributed by atoms with E-state index in [-0.39, 0.29) is 0 Å². The van der Waals surface area contributed by atoms with Crippen molar-refractivity contribution in [3.63, 3.8) is 0 Å². The number of fused-ring (bicyclic) bond motifs is 1. The molecule has 1 saturated carbocycles. The normalized spacial score (nSPS) is 34.7. The van der Waals surface area contributed by atoms with Gasteiger partial charge in [-0.15, -0.1) is 0 Å². The predicted octanol–water partition coefficient (Wildman–Crippen LogP) is 2.29. The molecule has 2 unspecified atom stereocenters. The summed E-state index contributed by atoms with van der Waals surface area (Å²) in [6, 6.07) is 1.73. The number of nitrogens with zero attached hydrogens (tertiary/aromatic N) is 2. The minimum absolute atomic E-state index is 0.860. The molecule has 0 aromatic carbocycles. The summed E-state index contributed by atoms with van der Waals surface area (Å²) < 4.78 is 0. The van der Waals surface area contributed by atoms with Gasteiger partial charge in [0.2, 0.25) is 0 Å². The Bertz CT molecular complexity index is 186. The van der Waals surface area contributed by atoms with E-state index in [1.165, 1.54) is 45.3 Å². The quantitative estimate of drug-likeness (QED) is 0.719. The molecule has 2 rings (SSSR count). The van der Waals surface area contributed by atoms with Crippen LogP contribution in [-0.4, -0.2) is 47.5 Å². The second-order valence-electron chi connectivity index (χ2n) is 4.67. The second-order valence-corrected chi connectivity index (χ2v) is 5.47. The SMILES string of the molecule is CN1CN(CCCBr)C2CCCCC21. The average molecular weight is 261 g/mol. The summed E-state index contributed by atoms with van der Waals surface area (Å²) in [6.45, 7) is 2.47. The number of hydrogen-bond donors (Lipinski definition) is 0. The zero-order valence-electron chi connectivity index (χ0n) is 9.08. The van der Waals surface area contributed by atoms with E-state index in [0.29, 0.717) is 0 Å². The summed E-state index contributed by atoms with van der Waals surface area (Å²) in [6.07, 6.45) is 7.03. The van der Waals surface area contributed by atoms with Crippen molar-refractivity contribution in [2.45, 2.75) is 44.2 Å². The summed E-state index contributed by atoms with van der Waals surface area (Å²) in [5.41, 5.74) is 0. The van der Waals surface area contributed by atoms with Gasteiger partial charge < -0.3 is 0 Å². The molecule has 1 aliphatic carbocycles. The molecule has 1 saturated heterocycles. The van der Waals surface area contributed by atoms with Crippen LogP contribution < -0.4 is 0 Å². The highest BCUT2D eigenvalue weighted by molar-refractivity contribution is 9.09. The van der Waals surface area contributed by atoms with E-state index < -0.39 is 0 Å². The highest BCUT2D eigenvalue weighted by Crippen LogP contribution is 2.31. The Kier molecular flexibility index (Phi) is 3.86. The minimum atomic E-state index is 0.860. The molecule has 0 aromatic rings. The zero-order valence-corrected chi connectivity index (χ0v) is 10.7. The molecule has 2 atom stereocenters. The van der Waals surface area contributed by atoms with Crippen molar-refractivity contribution in [1.82, 2.24) is 9.80 Å². The second kappa shape index (κ2) is 4.95. The summed E-state index contributed by atoms with van der Waals surface area (Å²) in [4.78, 5) is 5.24. The molecule has 2 aliphatic rings. The molecule has 0 amide bonds. The first kappa shape index (κ1) is 10.9. The lowest BCUT2D eigenvalue weighted by Gasteiger charge is -2.31. The number of rotatable bonds is 3. The van der Waals surface area contributed by atoms with Crippen molar-refractivity contribution in [2.75, 3.05) is 25.6 Å². The van der Waals surface area contributed by atoms with Gasteiger partial charge in [0.05, 0.1) is 6.67 Å². The van der Waals surface area contributed by atoms with Gasteiger partial charge in [0.25, 0.3) is 0 Å². The van der Waals surface area contributed by atoms with Crippen LogP contribution in [0.2, 0.25) is 0 Å². The van der Waals surface area contributed by atoms with Crippen LogP contribution in [0.15, 0.2) is 0 Å². The summed E-state index contributed by atoms with van der Waals surface area (Å²) >= 11 is 3.52. The maximum absolute atomic E-state index is 3.52. The number of hydrogen-bond acceptors (Lipinski definition) is 2. The maximum atomic E-state index is 3.52.